The van der Waals surface area contributed by atoms with Crippen LogP contribution in [-0.2, 0) is 0 Å². The Hall–Kier alpha value is -1.95. The van der Waals surface area contributed by atoms with Crippen LogP contribution in [0.15, 0.2) is 46.9 Å². The molecule has 0 bridgehead atoms. The van der Waals surface area contributed by atoms with Crippen LogP contribution in [0, 0.1) is 11.6 Å². The van der Waals surface area contributed by atoms with E-state index < -0.39 is 5.82 Å². The largest absolute Gasteiger partial charge is 0.322 e. The van der Waals surface area contributed by atoms with Gasteiger partial charge >= 0.3 is 6.03 Å². The van der Waals surface area contributed by atoms with E-state index in [0.29, 0.717) is 11.0 Å². The Morgan fingerprint density at radius 2 is 1.91 bits per heavy atom. The molecule has 1 fully saturated rings. The fourth-order valence-corrected chi connectivity index (χ4v) is 3.15. The molecule has 3 nitrogen and oxygen atoms in total. The number of carbonyl (C=O) groups is 1. The monoisotopic (exact) mass is 380 g/mol. The van der Waals surface area contributed by atoms with Gasteiger partial charge in [0.1, 0.15) is 11.6 Å². The van der Waals surface area contributed by atoms with Crippen molar-refractivity contribution in [3.63, 3.8) is 0 Å². The molecule has 1 N–H and O–H groups in total. The normalized spacial score (nSPS) is 17.3. The van der Waals surface area contributed by atoms with Crippen LogP contribution in [0.1, 0.15) is 24.4 Å². The molecule has 1 aliphatic rings. The second kappa shape index (κ2) is 6.66. The van der Waals surface area contributed by atoms with E-state index in [1.165, 1.54) is 24.3 Å². The van der Waals surface area contributed by atoms with E-state index in [1.54, 1.807) is 23.1 Å². The van der Waals surface area contributed by atoms with Gasteiger partial charge in [-0.2, -0.15) is 0 Å². The van der Waals surface area contributed by atoms with E-state index in [0.717, 1.165) is 18.4 Å². The Morgan fingerprint density at radius 1 is 1.17 bits per heavy atom. The summed E-state index contributed by atoms with van der Waals surface area (Å²) >= 11 is 3.18. The molecule has 6 heteroatoms. The molecular formula is C17H15BrF2N2O. The van der Waals surface area contributed by atoms with Gasteiger partial charge in [-0.3, -0.25) is 0 Å². The van der Waals surface area contributed by atoms with Crippen molar-refractivity contribution in [2.45, 2.75) is 18.9 Å². The molecule has 3 rings (SSSR count). The lowest BCUT2D eigenvalue weighted by molar-refractivity contribution is 0.207. The number of nitrogens with one attached hydrogen (secondary N) is 1. The summed E-state index contributed by atoms with van der Waals surface area (Å²) in [6, 6.07) is 10.2. The highest BCUT2D eigenvalue weighted by molar-refractivity contribution is 9.10. The summed E-state index contributed by atoms with van der Waals surface area (Å²) in [5, 5.41) is 2.61. The standard InChI is InChI=1S/C17H15BrF2N2O/c18-12-5-8-15(14(20)10-12)21-17(23)22-9-1-2-16(22)11-3-6-13(19)7-4-11/h3-8,10,16H,1-2,9H2,(H,21,23)/t16-/m1/s1. The second-order valence-electron chi connectivity index (χ2n) is 5.46. The number of amides is 2. The molecule has 23 heavy (non-hydrogen) atoms. The van der Waals surface area contributed by atoms with Gasteiger partial charge in [-0.25, -0.2) is 13.6 Å². The maximum Gasteiger partial charge on any atom is 0.322 e. The summed E-state index contributed by atoms with van der Waals surface area (Å²) < 4.78 is 27.5. The molecule has 0 spiro atoms. The zero-order valence-electron chi connectivity index (χ0n) is 12.2. The van der Waals surface area contributed by atoms with Crippen LogP contribution in [0.5, 0.6) is 0 Å². The minimum Gasteiger partial charge on any atom is -0.317 e. The third-order valence-corrected chi connectivity index (χ3v) is 4.43. The Balaban J connectivity index is 1.76. The number of anilines is 1. The van der Waals surface area contributed by atoms with Crippen LogP contribution in [0.4, 0.5) is 19.3 Å². The topological polar surface area (TPSA) is 32.3 Å². The average Bonchev–Trinajstić information content (AvgIpc) is 3.00. The number of halogens is 3. The minimum absolute atomic E-state index is 0.117. The fourth-order valence-electron chi connectivity index (χ4n) is 2.82. The first-order chi connectivity index (χ1) is 11.0. The van der Waals surface area contributed by atoms with Crippen LogP contribution < -0.4 is 5.32 Å². The molecule has 0 unspecified atom stereocenters. The van der Waals surface area contributed by atoms with Crippen LogP contribution in [-0.4, -0.2) is 17.5 Å². The summed E-state index contributed by atoms with van der Waals surface area (Å²) in [4.78, 5) is 14.1. The number of nitrogens with zero attached hydrogens (tertiary/aromatic N) is 1. The molecule has 0 aliphatic carbocycles. The van der Waals surface area contributed by atoms with Gasteiger partial charge in [0.25, 0.3) is 0 Å². The van der Waals surface area contributed by atoms with E-state index in [2.05, 4.69) is 21.2 Å². The molecule has 1 saturated heterocycles. The smallest absolute Gasteiger partial charge is 0.317 e. The zero-order valence-corrected chi connectivity index (χ0v) is 13.8. The van der Waals surface area contributed by atoms with E-state index in [-0.39, 0.29) is 23.6 Å². The predicted octanol–water partition coefficient (Wildman–Crippen LogP) is 5.10. The van der Waals surface area contributed by atoms with Crippen molar-refractivity contribution in [3.8, 4) is 0 Å². The van der Waals surface area contributed by atoms with Gasteiger partial charge in [-0.05, 0) is 48.7 Å². The van der Waals surface area contributed by atoms with Crippen molar-refractivity contribution in [3.05, 3.63) is 64.1 Å². The molecule has 2 aromatic carbocycles. The quantitative estimate of drug-likeness (QED) is 0.772. The Bertz CT molecular complexity index is 721. The van der Waals surface area contributed by atoms with Gasteiger partial charge in [0, 0.05) is 11.0 Å². The Kier molecular flexibility index (Phi) is 4.61. The first kappa shape index (κ1) is 15.9. The Morgan fingerprint density at radius 3 is 2.61 bits per heavy atom. The summed E-state index contributed by atoms with van der Waals surface area (Å²) in [6.45, 7) is 0.589. The van der Waals surface area contributed by atoms with Crippen LogP contribution >= 0.6 is 15.9 Å². The lowest BCUT2D eigenvalue weighted by Gasteiger charge is -2.25. The van der Waals surface area contributed by atoms with Gasteiger partial charge < -0.3 is 10.2 Å². The van der Waals surface area contributed by atoms with E-state index in [4.69, 9.17) is 0 Å². The molecule has 0 aromatic heterocycles. The molecule has 1 atom stereocenters. The molecule has 1 heterocycles. The maximum atomic E-state index is 13.9. The average molecular weight is 381 g/mol. The first-order valence-electron chi connectivity index (χ1n) is 7.33. The molecular weight excluding hydrogens is 366 g/mol. The van der Waals surface area contributed by atoms with E-state index >= 15 is 0 Å². The van der Waals surface area contributed by atoms with Crippen molar-refractivity contribution >= 4 is 27.6 Å². The maximum absolute atomic E-state index is 13.9. The van der Waals surface area contributed by atoms with Crippen molar-refractivity contribution < 1.29 is 13.6 Å². The highest BCUT2D eigenvalue weighted by Crippen LogP contribution is 2.32. The summed E-state index contributed by atoms with van der Waals surface area (Å²) in [7, 11) is 0. The Labute approximate surface area is 141 Å². The summed E-state index contributed by atoms with van der Waals surface area (Å²) in [5.41, 5.74) is 1.03. The molecule has 2 aromatic rings. The van der Waals surface area contributed by atoms with Crippen molar-refractivity contribution in [1.82, 2.24) is 4.90 Å². The number of carbonyl (C=O) groups excluding carboxylic acids is 1. The van der Waals surface area contributed by atoms with Crippen molar-refractivity contribution in [2.24, 2.45) is 0 Å². The van der Waals surface area contributed by atoms with E-state index in [1.807, 2.05) is 0 Å². The van der Waals surface area contributed by atoms with Gasteiger partial charge in [-0.15, -0.1) is 0 Å². The highest BCUT2D eigenvalue weighted by atomic mass is 79.9. The highest BCUT2D eigenvalue weighted by Gasteiger charge is 2.30. The molecule has 0 saturated carbocycles. The third kappa shape index (κ3) is 3.52. The fraction of sp³-hybridized carbons (Fsp3) is 0.235. The molecule has 120 valence electrons. The minimum atomic E-state index is -0.495. The number of hydrogen-bond donors (Lipinski definition) is 1. The van der Waals surface area contributed by atoms with Gasteiger partial charge in [0.05, 0.1) is 11.7 Å². The number of benzene rings is 2. The number of likely N-dealkylation sites (tertiary alicyclic amines) is 1. The lowest BCUT2D eigenvalue weighted by Crippen LogP contribution is -2.34. The first-order valence-corrected chi connectivity index (χ1v) is 8.12. The predicted molar refractivity (Wildman–Crippen MR) is 88.2 cm³/mol. The number of rotatable bonds is 2. The van der Waals surface area contributed by atoms with Gasteiger partial charge in [-0.1, -0.05) is 28.1 Å². The number of urea groups is 1. The van der Waals surface area contributed by atoms with Crippen LogP contribution in [0.25, 0.3) is 0 Å². The van der Waals surface area contributed by atoms with Gasteiger partial charge in [0.2, 0.25) is 0 Å². The van der Waals surface area contributed by atoms with Crippen LogP contribution in [0.3, 0.4) is 0 Å². The lowest BCUT2D eigenvalue weighted by atomic mass is 10.0. The van der Waals surface area contributed by atoms with Crippen molar-refractivity contribution in [2.75, 3.05) is 11.9 Å². The third-order valence-electron chi connectivity index (χ3n) is 3.94. The SMILES string of the molecule is O=C(Nc1ccc(Br)cc1F)N1CCC[C@@H]1c1ccc(F)cc1. The second-order valence-corrected chi connectivity index (χ2v) is 6.37. The van der Waals surface area contributed by atoms with E-state index in [9.17, 15) is 13.6 Å². The number of hydrogen-bond acceptors (Lipinski definition) is 1. The summed E-state index contributed by atoms with van der Waals surface area (Å²) in [5.74, 6) is -0.801. The molecule has 2 amide bonds. The molecule has 0 radical (unpaired) electrons. The molecule has 1 aliphatic heterocycles. The van der Waals surface area contributed by atoms with Crippen LogP contribution in [0.2, 0.25) is 0 Å². The summed E-state index contributed by atoms with van der Waals surface area (Å²) in [6.07, 6.45) is 1.67. The van der Waals surface area contributed by atoms with Gasteiger partial charge in [0.15, 0.2) is 0 Å². The van der Waals surface area contributed by atoms with Crippen molar-refractivity contribution in [1.29, 1.82) is 0 Å². The zero-order chi connectivity index (χ0) is 16.4.